The molecule has 0 aliphatic carbocycles. The zero-order valence-corrected chi connectivity index (χ0v) is 15.1. The Labute approximate surface area is 145 Å². The van der Waals surface area contributed by atoms with Crippen LogP contribution in [0.1, 0.15) is 31.1 Å². The van der Waals surface area contributed by atoms with Crippen molar-refractivity contribution in [3.63, 3.8) is 0 Å². The van der Waals surface area contributed by atoms with E-state index in [1.54, 1.807) is 26.0 Å². The van der Waals surface area contributed by atoms with Crippen LogP contribution < -0.4 is 4.74 Å². The smallest absolute Gasteiger partial charge is 0.434 e. The second kappa shape index (κ2) is 6.73. The minimum atomic E-state index is -4.52. The molecule has 0 N–H and O–H groups in total. The van der Waals surface area contributed by atoms with Crippen molar-refractivity contribution in [3.05, 3.63) is 34.6 Å². The second-order valence-electron chi connectivity index (χ2n) is 5.24. The third-order valence-electron chi connectivity index (χ3n) is 3.29. The summed E-state index contributed by atoms with van der Waals surface area (Å²) in [6, 6.07) is 3.19. The molecule has 0 amide bonds. The molecular weight excluding hydrogens is 397 g/mol. The third kappa shape index (κ3) is 3.66. The Kier molecular flexibility index (Phi) is 5.30. The Morgan fingerprint density at radius 2 is 2.00 bits per heavy atom. The van der Waals surface area contributed by atoms with E-state index in [4.69, 9.17) is 16.3 Å². The van der Waals surface area contributed by atoms with Crippen molar-refractivity contribution in [3.8, 4) is 17.1 Å². The Balaban J connectivity index is 2.73. The average molecular weight is 412 g/mol. The monoisotopic (exact) mass is 410 g/mol. The van der Waals surface area contributed by atoms with Crippen molar-refractivity contribution in [2.24, 2.45) is 0 Å². The SMILES string of the molecule is COc1cc(CBr)cc(Cl)c1-c1nc(C(F)(F)F)cn1C(C)C. The summed E-state index contributed by atoms with van der Waals surface area (Å²) >= 11 is 9.61. The summed E-state index contributed by atoms with van der Waals surface area (Å²) < 4.78 is 45.8. The summed E-state index contributed by atoms with van der Waals surface area (Å²) in [5, 5.41) is 0.843. The largest absolute Gasteiger partial charge is 0.496 e. The summed E-state index contributed by atoms with van der Waals surface area (Å²) in [7, 11) is 1.44. The number of nitrogens with zero attached hydrogens (tertiary/aromatic N) is 2. The van der Waals surface area contributed by atoms with Crippen molar-refractivity contribution in [2.45, 2.75) is 31.4 Å². The molecule has 23 heavy (non-hydrogen) atoms. The van der Waals surface area contributed by atoms with Crippen molar-refractivity contribution >= 4 is 27.5 Å². The van der Waals surface area contributed by atoms with Gasteiger partial charge in [0.1, 0.15) is 11.6 Å². The van der Waals surface area contributed by atoms with Gasteiger partial charge in [0.25, 0.3) is 0 Å². The molecule has 0 atom stereocenters. The zero-order chi connectivity index (χ0) is 17.4. The molecule has 2 aromatic rings. The fourth-order valence-electron chi connectivity index (χ4n) is 2.20. The fourth-order valence-corrected chi connectivity index (χ4v) is 2.84. The van der Waals surface area contributed by atoms with Gasteiger partial charge in [-0.25, -0.2) is 4.98 Å². The number of halogens is 5. The molecule has 126 valence electrons. The van der Waals surface area contributed by atoms with Crippen LogP contribution in [0.15, 0.2) is 18.3 Å². The van der Waals surface area contributed by atoms with Crippen LogP contribution in [0.25, 0.3) is 11.4 Å². The fraction of sp³-hybridized carbons (Fsp3) is 0.400. The molecule has 3 nitrogen and oxygen atoms in total. The minimum Gasteiger partial charge on any atom is -0.496 e. The highest BCUT2D eigenvalue weighted by Crippen LogP contribution is 2.40. The van der Waals surface area contributed by atoms with E-state index in [0.717, 1.165) is 11.8 Å². The molecule has 0 aliphatic rings. The van der Waals surface area contributed by atoms with Crippen molar-refractivity contribution in [1.29, 1.82) is 0 Å². The van der Waals surface area contributed by atoms with Gasteiger partial charge in [0.05, 0.1) is 17.7 Å². The van der Waals surface area contributed by atoms with Gasteiger partial charge in [0.15, 0.2) is 5.69 Å². The number of imidazole rings is 1. The lowest BCUT2D eigenvalue weighted by Crippen LogP contribution is -2.05. The lowest BCUT2D eigenvalue weighted by atomic mass is 10.1. The van der Waals surface area contributed by atoms with Crippen LogP contribution in [0.3, 0.4) is 0 Å². The first kappa shape index (κ1) is 18.1. The van der Waals surface area contributed by atoms with E-state index < -0.39 is 11.9 Å². The molecule has 0 bridgehead atoms. The van der Waals surface area contributed by atoms with E-state index in [2.05, 4.69) is 20.9 Å². The van der Waals surface area contributed by atoms with Gasteiger partial charge in [-0.2, -0.15) is 13.2 Å². The Morgan fingerprint density at radius 3 is 2.48 bits per heavy atom. The summed E-state index contributed by atoms with van der Waals surface area (Å²) in [4.78, 5) is 3.76. The molecule has 8 heteroatoms. The predicted octanol–water partition coefficient (Wildman–Crippen LogP) is 5.71. The van der Waals surface area contributed by atoms with Gasteiger partial charge in [0, 0.05) is 17.6 Å². The lowest BCUT2D eigenvalue weighted by Gasteiger charge is -2.16. The van der Waals surface area contributed by atoms with Gasteiger partial charge in [-0.05, 0) is 31.5 Å². The van der Waals surface area contributed by atoms with Gasteiger partial charge in [-0.1, -0.05) is 27.5 Å². The molecule has 0 saturated heterocycles. The Bertz CT molecular complexity index is 713. The van der Waals surface area contributed by atoms with Gasteiger partial charge < -0.3 is 9.30 Å². The van der Waals surface area contributed by atoms with Crippen LogP contribution in [0.4, 0.5) is 13.2 Å². The topological polar surface area (TPSA) is 27.1 Å². The maximum Gasteiger partial charge on any atom is 0.434 e. The van der Waals surface area contributed by atoms with Crippen LogP contribution >= 0.6 is 27.5 Å². The standard InChI is InChI=1S/C15H15BrClF3N2O/c1-8(2)22-7-12(15(18,19)20)21-14(22)13-10(17)4-9(6-16)5-11(13)23-3/h4-5,7-8H,6H2,1-3H3. The molecule has 0 aliphatic heterocycles. The highest BCUT2D eigenvalue weighted by molar-refractivity contribution is 9.08. The summed E-state index contributed by atoms with van der Waals surface area (Å²) in [5.74, 6) is 0.517. The number of hydrogen-bond donors (Lipinski definition) is 0. The van der Waals surface area contributed by atoms with Crippen LogP contribution in [0, 0.1) is 0 Å². The van der Waals surface area contributed by atoms with Crippen LogP contribution in [-0.2, 0) is 11.5 Å². The molecule has 0 fully saturated rings. The van der Waals surface area contributed by atoms with E-state index in [0.29, 0.717) is 21.7 Å². The quantitative estimate of drug-likeness (QED) is 0.603. The predicted molar refractivity (Wildman–Crippen MR) is 87.2 cm³/mol. The molecule has 0 radical (unpaired) electrons. The first-order valence-electron chi connectivity index (χ1n) is 6.77. The van der Waals surface area contributed by atoms with Gasteiger partial charge in [0.2, 0.25) is 0 Å². The van der Waals surface area contributed by atoms with Crippen LogP contribution in [0.2, 0.25) is 5.02 Å². The number of ether oxygens (including phenoxy) is 1. The molecule has 1 aromatic heterocycles. The lowest BCUT2D eigenvalue weighted by molar-refractivity contribution is -0.140. The molecule has 2 rings (SSSR count). The summed E-state index contributed by atoms with van der Waals surface area (Å²) in [6.45, 7) is 3.55. The van der Waals surface area contributed by atoms with Gasteiger partial charge in [-0.3, -0.25) is 0 Å². The number of aromatic nitrogens is 2. The number of hydrogen-bond acceptors (Lipinski definition) is 2. The maximum absolute atomic E-state index is 13.0. The summed E-state index contributed by atoms with van der Waals surface area (Å²) in [5.41, 5.74) is 0.251. The van der Waals surface area contributed by atoms with Crippen molar-refractivity contribution in [1.82, 2.24) is 9.55 Å². The van der Waals surface area contributed by atoms with E-state index >= 15 is 0 Å². The van der Waals surface area contributed by atoms with Crippen LogP contribution in [-0.4, -0.2) is 16.7 Å². The molecule has 0 spiro atoms. The van der Waals surface area contributed by atoms with E-state index in [9.17, 15) is 13.2 Å². The first-order valence-corrected chi connectivity index (χ1v) is 8.27. The van der Waals surface area contributed by atoms with E-state index in [1.165, 1.54) is 11.7 Å². The average Bonchev–Trinajstić information content (AvgIpc) is 2.91. The number of benzene rings is 1. The molecule has 1 aromatic carbocycles. The highest BCUT2D eigenvalue weighted by atomic mass is 79.9. The maximum atomic E-state index is 13.0. The molecular formula is C15H15BrClF3N2O. The van der Waals surface area contributed by atoms with Gasteiger partial charge >= 0.3 is 6.18 Å². The van der Waals surface area contributed by atoms with E-state index in [1.807, 2.05) is 0 Å². The number of rotatable bonds is 4. The van der Waals surface area contributed by atoms with E-state index in [-0.39, 0.29) is 11.9 Å². The third-order valence-corrected chi connectivity index (χ3v) is 4.24. The van der Waals surface area contributed by atoms with Crippen LogP contribution in [0.5, 0.6) is 5.75 Å². The van der Waals surface area contributed by atoms with Crippen molar-refractivity contribution in [2.75, 3.05) is 7.11 Å². The second-order valence-corrected chi connectivity index (χ2v) is 6.20. The minimum absolute atomic E-state index is 0.135. The zero-order valence-electron chi connectivity index (χ0n) is 12.7. The Hall–Kier alpha value is -1.21. The number of methoxy groups -OCH3 is 1. The highest BCUT2D eigenvalue weighted by Gasteiger charge is 2.36. The molecule has 1 heterocycles. The number of alkyl halides is 4. The van der Waals surface area contributed by atoms with Crippen molar-refractivity contribution < 1.29 is 17.9 Å². The first-order chi connectivity index (χ1) is 10.7. The molecule has 0 unspecified atom stereocenters. The molecule has 0 saturated carbocycles. The normalized spacial score (nSPS) is 12.0. The summed E-state index contributed by atoms with van der Waals surface area (Å²) in [6.07, 6.45) is -3.53. The Morgan fingerprint density at radius 1 is 1.35 bits per heavy atom. The van der Waals surface area contributed by atoms with Gasteiger partial charge in [-0.15, -0.1) is 0 Å².